The van der Waals surface area contributed by atoms with Crippen molar-refractivity contribution in [2.75, 3.05) is 41.8 Å². The molecule has 2 aliphatic heterocycles. The first-order valence-corrected chi connectivity index (χ1v) is 14.6. The average molecular weight is 602 g/mol. The molecule has 0 bridgehead atoms. The molecule has 1 unspecified atom stereocenters. The van der Waals surface area contributed by atoms with E-state index in [0.717, 1.165) is 22.5 Å². The molecule has 5 heterocycles. The number of aromatic nitrogens is 3. The van der Waals surface area contributed by atoms with Gasteiger partial charge in [-0.1, -0.05) is 47.7 Å². The van der Waals surface area contributed by atoms with Crippen molar-refractivity contribution in [3.05, 3.63) is 82.5 Å². The highest BCUT2D eigenvalue weighted by atomic mass is 35.5. The Morgan fingerprint density at radius 3 is 2.81 bits per heavy atom. The topological polar surface area (TPSA) is 113 Å². The number of amides is 2. The number of halogens is 1. The zero-order chi connectivity index (χ0) is 29.4. The van der Waals surface area contributed by atoms with E-state index in [0.29, 0.717) is 64.2 Å². The second-order valence-corrected chi connectivity index (χ2v) is 11.5. The molecule has 10 nitrogen and oxygen atoms in total. The second kappa shape index (κ2) is 11.4. The summed E-state index contributed by atoms with van der Waals surface area (Å²) >= 11 is 7.49. The summed E-state index contributed by atoms with van der Waals surface area (Å²) in [4.78, 5) is 43.3. The van der Waals surface area contributed by atoms with Gasteiger partial charge in [-0.3, -0.25) is 9.59 Å². The Bertz CT molecular complexity index is 1690. The normalized spacial score (nSPS) is 15.7. The van der Waals surface area contributed by atoms with Crippen molar-refractivity contribution in [2.45, 2.75) is 19.9 Å². The Labute approximate surface area is 252 Å². The van der Waals surface area contributed by atoms with E-state index in [-0.39, 0.29) is 17.9 Å². The molecule has 2 aliphatic rings. The van der Waals surface area contributed by atoms with Gasteiger partial charge >= 0.3 is 0 Å². The maximum atomic E-state index is 12.9. The Hall–Kier alpha value is -4.48. The predicted octanol–water partition coefficient (Wildman–Crippen LogP) is 5.46. The van der Waals surface area contributed by atoms with Crippen LogP contribution >= 0.6 is 22.9 Å². The van der Waals surface area contributed by atoms with Crippen LogP contribution in [0.3, 0.4) is 0 Å². The third-order valence-corrected chi connectivity index (χ3v) is 8.54. The maximum absolute atomic E-state index is 12.9. The van der Waals surface area contributed by atoms with Crippen LogP contribution in [0.15, 0.2) is 61.4 Å². The monoisotopic (exact) mass is 601 g/mol. The molecule has 0 radical (unpaired) electrons. The second-order valence-electron chi connectivity index (χ2n) is 10.1. The quantitative estimate of drug-likeness (QED) is 0.280. The summed E-state index contributed by atoms with van der Waals surface area (Å²) < 4.78 is 6.08. The molecule has 42 heavy (non-hydrogen) atoms. The molecule has 6 rings (SSSR count). The summed E-state index contributed by atoms with van der Waals surface area (Å²) in [6.45, 7) is 9.75. The van der Waals surface area contributed by atoms with Crippen molar-refractivity contribution in [3.8, 4) is 17.0 Å². The molecule has 2 N–H and O–H groups in total. The zero-order valence-electron chi connectivity index (χ0n) is 23.1. The molecule has 1 aromatic carbocycles. The minimum atomic E-state index is -0.286. The summed E-state index contributed by atoms with van der Waals surface area (Å²) in [6, 6.07) is 11.4. The van der Waals surface area contributed by atoms with Crippen LogP contribution in [-0.2, 0) is 4.79 Å². The molecule has 0 spiro atoms. The van der Waals surface area contributed by atoms with E-state index in [1.807, 2.05) is 44.2 Å². The standard InChI is InChI=1S/C30H28ClN7O3S/c1-4-25(39)37-10-11-38-20(15-37)16-41-23-12-19(13-32-28(23)38)22-9-8-18(3)27(34-22)36-30-33-14-24(42-30)29(40)35-26-17(2)6-5-7-21(26)31/h4-9,12-14,20H,1,10-11,15-16H2,2-3H3,(H,35,40)(H,33,34,36). The van der Waals surface area contributed by atoms with Gasteiger partial charge in [-0.05, 0) is 49.2 Å². The smallest absolute Gasteiger partial charge is 0.267 e. The Morgan fingerprint density at radius 2 is 2.00 bits per heavy atom. The summed E-state index contributed by atoms with van der Waals surface area (Å²) in [5.41, 5.74) is 3.91. The van der Waals surface area contributed by atoms with Crippen molar-refractivity contribution in [3.63, 3.8) is 0 Å². The fraction of sp³-hybridized carbons (Fsp3) is 0.233. The van der Waals surface area contributed by atoms with Gasteiger partial charge in [-0.25, -0.2) is 15.0 Å². The van der Waals surface area contributed by atoms with E-state index in [9.17, 15) is 9.59 Å². The molecule has 0 saturated carbocycles. The Morgan fingerprint density at radius 1 is 1.14 bits per heavy atom. The maximum Gasteiger partial charge on any atom is 0.267 e. The highest BCUT2D eigenvalue weighted by molar-refractivity contribution is 7.17. The average Bonchev–Trinajstić information content (AvgIpc) is 3.47. The first-order chi connectivity index (χ1) is 20.3. The molecule has 214 valence electrons. The number of carbonyl (C=O) groups is 2. The van der Waals surface area contributed by atoms with Gasteiger partial charge < -0.3 is 25.2 Å². The van der Waals surface area contributed by atoms with Crippen molar-refractivity contribution < 1.29 is 14.3 Å². The van der Waals surface area contributed by atoms with E-state index >= 15 is 0 Å². The number of piperazine rings is 1. The molecule has 1 atom stereocenters. The van der Waals surface area contributed by atoms with Crippen LogP contribution in [0, 0.1) is 13.8 Å². The Balaban J connectivity index is 1.17. The highest BCUT2D eigenvalue weighted by Gasteiger charge is 2.35. The molecular weight excluding hydrogens is 574 g/mol. The number of benzene rings is 1. The highest BCUT2D eigenvalue weighted by Crippen LogP contribution is 2.37. The van der Waals surface area contributed by atoms with E-state index in [2.05, 4.69) is 27.1 Å². The van der Waals surface area contributed by atoms with E-state index in [4.69, 9.17) is 26.3 Å². The van der Waals surface area contributed by atoms with Crippen LogP contribution in [0.2, 0.25) is 5.02 Å². The van der Waals surface area contributed by atoms with Crippen molar-refractivity contribution in [1.29, 1.82) is 0 Å². The Kier molecular flexibility index (Phi) is 7.53. The molecule has 0 aliphatic carbocycles. The molecule has 12 heteroatoms. The van der Waals surface area contributed by atoms with Gasteiger partial charge in [0.15, 0.2) is 16.7 Å². The molecule has 3 aromatic heterocycles. The van der Waals surface area contributed by atoms with Gasteiger partial charge in [0, 0.05) is 31.4 Å². The lowest BCUT2D eigenvalue weighted by Crippen LogP contribution is -2.58. The number of pyridine rings is 2. The van der Waals surface area contributed by atoms with Crippen LogP contribution in [0.5, 0.6) is 5.75 Å². The number of ether oxygens (including phenoxy) is 1. The predicted molar refractivity (Wildman–Crippen MR) is 165 cm³/mol. The number of anilines is 4. The van der Waals surface area contributed by atoms with Gasteiger partial charge in [0.05, 0.1) is 28.6 Å². The lowest BCUT2D eigenvalue weighted by molar-refractivity contribution is -0.127. The number of para-hydroxylation sites is 1. The van der Waals surface area contributed by atoms with Crippen LogP contribution in [-0.4, -0.2) is 63.9 Å². The summed E-state index contributed by atoms with van der Waals surface area (Å²) in [5.74, 6) is 1.73. The summed E-state index contributed by atoms with van der Waals surface area (Å²) in [7, 11) is 0. The van der Waals surface area contributed by atoms with Crippen molar-refractivity contribution in [2.24, 2.45) is 0 Å². The minimum absolute atomic E-state index is 0.0424. The van der Waals surface area contributed by atoms with Crippen molar-refractivity contribution >= 4 is 57.2 Å². The van der Waals surface area contributed by atoms with Gasteiger partial charge in [0.2, 0.25) is 5.91 Å². The number of fused-ring (bicyclic) bond motifs is 3. The van der Waals surface area contributed by atoms with Gasteiger partial charge in [-0.2, -0.15) is 0 Å². The number of hydrogen-bond acceptors (Lipinski definition) is 9. The number of aryl methyl sites for hydroxylation is 2. The van der Waals surface area contributed by atoms with Gasteiger partial charge in [0.1, 0.15) is 17.3 Å². The number of carbonyl (C=O) groups excluding carboxylic acids is 2. The third-order valence-electron chi connectivity index (χ3n) is 7.31. The lowest BCUT2D eigenvalue weighted by Gasteiger charge is -2.44. The fourth-order valence-corrected chi connectivity index (χ4v) is 5.99. The summed E-state index contributed by atoms with van der Waals surface area (Å²) in [5, 5.41) is 7.15. The van der Waals surface area contributed by atoms with E-state index in [1.165, 1.54) is 23.6 Å². The van der Waals surface area contributed by atoms with Gasteiger partial charge in [0.25, 0.3) is 5.91 Å². The first-order valence-electron chi connectivity index (χ1n) is 13.4. The van der Waals surface area contributed by atoms with Crippen LogP contribution in [0.4, 0.5) is 22.5 Å². The van der Waals surface area contributed by atoms with E-state index in [1.54, 1.807) is 17.2 Å². The van der Waals surface area contributed by atoms with Crippen LogP contribution in [0.1, 0.15) is 20.8 Å². The number of nitrogens with one attached hydrogen (secondary N) is 2. The van der Waals surface area contributed by atoms with Crippen LogP contribution in [0.25, 0.3) is 11.3 Å². The number of nitrogens with zero attached hydrogens (tertiary/aromatic N) is 5. The molecule has 1 saturated heterocycles. The van der Waals surface area contributed by atoms with Crippen molar-refractivity contribution in [1.82, 2.24) is 19.9 Å². The number of rotatable bonds is 6. The molecule has 1 fully saturated rings. The van der Waals surface area contributed by atoms with Gasteiger partial charge in [-0.15, -0.1) is 0 Å². The lowest BCUT2D eigenvalue weighted by atomic mass is 10.1. The number of thiazole rings is 1. The number of hydrogen-bond donors (Lipinski definition) is 2. The zero-order valence-corrected chi connectivity index (χ0v) is 24.6. The molecular formula is C30H28ClN7O3S. The third kappa shape index (κ3) is 5.40. The SMILES string of the molecule is C=CC(=O)N1CCN2c3ncc(-c4ccc(C)c(Nc5ncc(C(=O)Nc6c(C)cccc6Cl)s5)n4)cc3OCC2C1. The molecule has 4 aromatic rings. The van der Waals surface area contributed by atoms with Crippen LogP contribution < -0.4 is 20.3 Å². The first kappa shape index (κ1) is 27.7. The summed E-state index contributed by atoms with van der Waals surface area (Å²) in [6.07, 6.45) is 4.66. The molecule has 2 amide bonds. The minimum Gasteiger partial charge on any atom is -0.487 e. The fourth-order valence-electron chi connectivity index (χ4n) is 5.01. The van der Waals surface area contributed by atoms with E-state index < -0.39 is 0 Å². The largest absolute Gasteiger partial charge is 0.487 e.